The molecule has 110 valence electrons. The Bertz CT molecular complexity index is 462. The Balaban J connectivity index is 1.73. The van der Waals surface area contributed by atoms with E-state index >= 15 is 0 Å². The first-order valence-electron chi connectivity index (χ1n) is 7.65. The Morgan fingerprint density at radius 1 is 1.25 bits per heavy atom. The minimum atomic E-state index is 0.243. The summed E-state index contributed by atoms with van der Waals surface area (Å²) in [7, 11) is 1.75. The van der Waals surface area contributed by atoms with Gasteiger partial charge in [0.15, 0.2) is 0 Å². The van der Waals surface area contributed by atoms with E-state index in [-0.39, 0.29) is 5.41 Å². The summed E-state index contributed by atoms with van der Waals surface area (Å²) in [5.74, 6) is 0. The number of methoxy groups -OCH3 is 1. The van der Waals surface area contributed by atoms with Crippen molar-refractivity contribution in [1.29, 1.82) is 0 Å². The molecule has 0 aliphatic heterocycles. The number of ether oxygens (including phenoxy) is 1. The van der Waals surface area contributed by atoms with Crippen LogP contribution in [0.25, 0.3) is 0 Å². The molecule has 2 aliphatic rings. The quantitative estimate of drug-likeness (QED) is 0.806. The molecule has 0 unspecified atom stereocenters. The van der Waals surface area contributed by atoms with E-state index in [1.54, 1.807) is 7.11 Å². The molecular weight excluding hydrogens is 270 g/mol. The van der Waals surface area contributed by atoms with Gasteiger partial charge >= 0.3 is 0 Å². The Kier molecular flexibility index (Phi) is 4.07. The first kappa shape index (κ1) is 14.4. The van der Waals surface area contributed by atoms with Crippen molar-refractivity contribution in [2.75, 3.05) is 26.8 Å². The highest BCUT2D eigenvalue weighted by Crippen LogP contribution is 2.65. The fraction of sp³-hybridized carbons (Fsp3) is 0.647. The number of nitrogens with one attached hydrogen (secondary N) is 1. The topological polar surface area (TPSA) is 21.3 Å². The molecule has 0 bridgehead atoms. The predicted octanol–water partition coefficient (Wildman–Crippen LogP) is 3.78. The molecule has 0 radical (unpaired) electrons. The Morgan fingerprint density at radius 2 is 2.00 bits per heavy atom. The van der Waals surface area contributed by atoms with E-state index in [1.165, 1.54) is 37.7 Å². The molecule has 1 aromatic carbocycles. The molecule has 1 N–H and O–H groups in total. The smallest absolute Gasteiger partial charge is 0.0587 e. The summed E-state index contributed by atoms with van der Waals surface area (Å²) in [5.41, 5.74) is 2.22. The lowest BCUT2D eigenvalue weighted by Gasteiger charge is -2.62. The van der Waals surface area contributed by atoms with Crippen LogP contribution in [0.1, 0.15) is 37.7 Å². The van der Waals surface area contributed by atoms with E-state index in [0.29, 0.717) is 5.41 Å². The lowest BCUT2D eigenvalue weighted by Crippen LogP contribution is -2.57. The second-order valence-corrected chi connectivity index (χ2v) is 7.04. The van der Waals surface area contributed by atoms with Crippen LogP contribution in [-0.2, 0) is 10.2 Å². The lowest BCUT2D eigenvalue weighted by atomic mass is 9.43. The average Bonchev–Trinajstić information content (AvgIpc) is 2.36. The summed E-state index contributed by atoms with van der Waals surface area (Å²) in [6.07, 6.45) is 6.83. The molecule has 2 fully saturated rings. The van der Waals surface area contributed by atoms with Crippen LogP contribution in [0, 0.1) is 5.41 Å². The monoisotopic (exact) mass is 293 g/mol. The molecule has 1 aromatic rings. The zero-order chi connectivity index (χ0) is 14.1. The van der Waals surface area contributed by atoms with Crippen LogP contribution in [0.2, 0.25) is 5.02 Å². The number of hydrogen-bond acceptors (Lipinski definition) is 2. The van der Waals surface area contributed by atoms with Gasteiger partial charge in [0.05, 0.1) is 6.61 Å². The van der Waals surface area contributed by atoms with Crippen molar-refractivity contribution in [2.45, 2.75) is 37.5 Å². The SMILES string of the molecule is COCCNCC1(c2ccccc2Cl)CC2(CCC2)C1. The van der Waals surface area contributed by atoms with Gasteiger partial charge in [-0.25, -0.2) is 0 Å². The van der Waals surface area contributed by atoms with Crippen LogP contribution in [0.3, 0.4) is 0 Å². The van der Waals surface area contributed by atoms with Crippen LogP contribution in [0.15, 0.2) is 24.3 Å². The molecule has 0 aromatic heterocycles. The number of rotatable bonds is 6. The second kappa shape index (κ2) is 5.67. The molecule has 2 nitrogen and oxygen atoms in total. The maximum Gasteiger partial charge on any atom is 0.0587 e. The van der Waals surface area contributed by atoms with Gasteiger partial charge in [0.1, 0.15) is 0 Å². The van der Waals surface area contributed by atoms with Crippen LogP contribution in [0.4, 0.5) is 0 Å². The summed E-state index contributed by atoms with van der Waals surface area (Å²) >= 11 is 6.46. The largest absolute Gasteiger partial charge is 0.383 e. The third-order valence-corrected chi connectivity index (χ3v) is 5.56. The van der Waals surface area contributed by atoms with Gasteiger partial charge in [-0.2, -0.15) is 0 Å². The fourth-order valence-electron chi connectivity index (χ4n) is 4.22. The normalized spacial score (nSPS) is 22.3. The molecule has 0 amide bonds. The van der Waals surface area contributed by atoms with E-state index in [4.69, 9.17) is 16.3 Å². The fourth-order valence-corrected chi connectivity index (χ4v) is 4.55. The van der Waals surface area contributed by atoms with Crippen molar-refractivity contribution >= 4 is 11.6 Å². The summed E-state index contributed by atoms with van der Waals surface area (Å²) in [6.45, 7) is 2.70. The first-order chi connectivity index (χ1) is 9.70. The standard InChI is InChI=1S/C17H24ClNO/c1-20-10-9-19-13-17(11-16(12-17)7-4-8-16)14-5-2-3-6-15(14)18/h2-3,5-6,19H,4,7-13H2,1H3. The molecule has 0 saturated heterocycles. The Labute approximate surface area is 126 Å². The highest BCUT2D eigenvalue weighted by molar-refractivity contribution is 6.31. The minimum absolute atomic E-state index is 0.243. The van der Waals surface area contributed by atoms with Crippen LogP contribution in [0.5, 0.6) is 0 Å². The van der Waals surface area contributed by atoms with Crippen molar-refractivity contribution in [1.82, 2.24) is 5.32 Å². The summed E-state index contributed by atoms with van der Waals surface area (Å²) in [4.78, 5) is 0. The maximum absolute atomic E-state index is 6.46. The zero-order valence-electron chi connectivity index (χ0n) is 12.3. The van der Waals surface area contributed by atoms with E-state index in [0.717, 1.165) is 24.7 Å². The van der Waals surface area contributed by atoms with Crippen LogP contribution >= 0.6 is 11.6 Å². The van der Waals surface area contributed by atoms with Gasteiger partial charge in [-0.05, 0) is 42.7 Å². The van der Waals surface area contributed by atoms with Gasteiger partial charge in [0, 0.05) is 30.6 Å². The third kappa shape index (κ3) is 2.49. The lowest BCUT2D eigenvalue weighted by molar-refractivity contribution is -0.0485. The summed E-state index contributed by atoms with van der Waals surface area (Å²) in [5, 5.41) is 4.48. The van der Waals surface area contributed by atoms with E-state index < -0.39 is 0 Å². The zero-order valence-corrected chi connectivity index (χ0v) is 13.0. The molecule has 0 heterocycles. The summed E-state index contributed by atoms with van der Waals surface area (Å²) < 4.78 is 5.12. The van der Waals surface area contributed by atoms with Crippen molar-refractivity contribution in [2.24, 2.45) is 5.41 Å². The molecule has 1 spiro atoms. The minimum Gasteiger partial charge on any atom is -0.383 e. The van der Waals surface area contributed by atoms with Crippen molar-refractivity contribution in [3.63, 3.8) is 0 Å². The molecule has 2 saturated carbocycles. The number of hydrogen-bond donors (Lipinski definition) is 1. The van der Waals surface area contributed by atoms with Gasteiger partial charge in [-0.1, -0.05) is 36.2 Å². The first-order valence-corrected chi connectivity index (χ1v) is 8.02. The van der Waals surface area contributed by atoms with Gasteiger partial charge in [0.25, 0.3) is 0 Å². The van der Waals surface area contributed by atoms with Crippen molar-refractivity contribution < 1.29 is 4.74 Å². The Morgan fingerprint density at radius 3 is 2.60 bits per heavy atom. The van der Waals surface area contributed by atoms with Crippen LogP contribution < -0.4 is 5.32 Å². The van der Waals surface area contributed by atoms with Gasteiger partial charge in [-0.3, -0.25) is 0 Å². The van der Waals surface area contributed by atoms with Crippen LogP contribution in [-0.4, -0.2) is 26.8 Å². The third-order valence-electron chi connectivity index (χ3n) is 5.23. The Hall–Kier alpha value is -0.570. The van der Waals surface area contributed by atoms with Gasteiger partial charge < -0.3 is 10.1 Å². The molecule has 3 heteroatoms. The molecule has 3 rings (SSSR count). The highest BCUT2D eigenvalue weighted by atomic mass is 35.5. The molecule has 0 atom stereocenters. The number of halogens is 1. The van der Waals surface area contributed by atoms with E-state index in [1.807, 2.05) is 12.1 Å². The predicted molar refractivity (Wildman–Crippen MR) is 83.4 cm³/mol. The summed E-state index contributed by atoms with van der Waals surface area (Å²) in [6, 6.07) is 8.38. The molecule has 20 heavy (non-hydrogen) atoms. The number of benzene rings is 1. The van der Waals surface area contributed by atoms with Crippen molar-refractivity contribution in [3.8, 4) is 0 Å². The maximum atomic E-state index is 6.46. The van der Waals surface area contributed by atoms with E-state index in [2.05, 4.69) is 17.4 Å². The molecular formula is C17H24ClNO. The average molecular weight is 294 g/mol. The second-order valence-electron chi connectivity index (χ2n) is 6.64. The van der Waals surface area contributed by atoms with E-state index in [9.17, 15) is 0 Å². The highest BCUT2D eigenvalue weighted by Gasteiger charge is 2.57. The van der Waals surface area contributed by atoms with Crippen molar-refractivity contribution in [3.05, 3.63) is 34.9 Å². The van der Waals surface area contributed by atoms with Gasteiger partial charge in [-0.15, -0.1) is 0 Å². The molecule has 2 aliphatic carbocycles. The van der Waals surface area contributed by atoms with Gasteiger partial charge in [0.2, 0.25) is 0 Å².